The first-order chi connectivity index (χ1) is 8.52. The molecule has 1 unspecified atom stereocenters. The molecule has 9 nitrogen and oxygen atoms in total. The number of nitrogens with zero attached hydrogens (tertiary/aromatic N) is 3. The average molecular weight is 258 g/mol. The summed E-state index contributed by atoms with van der Waals surface area (Å²) in [6.07, 6.45) is -0.821. The van der Waals surface area contributed by atoms with E-state index in [0.717, 1.165) is 0 Å². The molecule has 0 aromatic carbocycles. The van der Waals surface area contributed by atoms with Crippen molar-refractivity contribution in [2.24, 2.45) is 5.73 Å². The molecule has 100 valence electrons. The Kier molecular flexibility index (Phi) is 5.06. The normalized spacial score (nSPS) is 11.9. The van der Waals surface area contributed by atoms with Gasteiger partial charge in [-0.2, -0.15) is 0 Å². The molecule has 1 amide bonds. The van der Waals surface area contributed by atoms with E-state index in [2.05, 4.69) is 19.8 Å². The smallest absolute Gasteiger partial charge is 0.404 e. The number of ether oxygens (including phenoxy) is 2. The van der Waals surface area contributed by atoms with Gasteiger partial charge in [0.2, 0.25) is 0 Å². The van der Waals surface area contributed by atoms with Crippen molar-refractivity contribution < 1.29 is 24.2 Å². The molecule has 0 saturated carbocycles. The molecule has 3 N–H and O–H groups in total. The number of esters is 1. The van der Waals surface area contributed by atoms with Gasteiger partial charge in [-0.15, -0.1) is 5.10 Å². The summed E-state index contributed by atoms with van der Waals surface area (Å²) in [6, 6.07) is 0. The summed E-state index contributed by atoms with van der Waals surface area (Å²) < 4.78 is 10.4. The van der Waals surface area contributed by atoms with Crippen LogP contribution in [0.3, 0.4) is 0 Å². The monoisotopic (exact) mass is 258 g/mol. The Morgan fingerprint density at radius 3 is 2.89 bits per heavy atom. The first-order valence-electron chi connectivity index (χ1n) is 5.19. The van der Waals surface area contributed by atoms with Gasteiger partial charge in [0.25, 0.3) is 0 Å². The van der Waals surface area contributed by atoms with Crippen molar-refractivity contribution in [3.63, 3.8) is 0 Å². The Bertz CT molecular complexity index is 419. The molecule has 1 rings (SSSR count). The predicted molar refractivity (Wildman–Crippen MR) is 57.0 cm³/mol. The van der Waals surface area contributed by atoms with Gasteiger partial charge < -0.3 is 20.3 Å². The van der Waals surface area contributed by atoms with Crippen molar-refractivity contribution in [3.8, 4) is 0 Å². The molecule has 9 heteroatoms. The topological polar surface area (TPSA) is 130 Å². The van der Waals surface area contributed by atoms with Crippen LogP contribution in [-0.4, -0.2) is 44.9 Å². The van der Waals surface area contributed by atoms with Crippen molar-refractivity contribution in [1.29, 1.82) is 0 Å². The van der Waals surface area contributed by atoms with E-state index < -0.39 is 18.2 Å². The maximum Gasteiger partial charge on any atom is 0.404 e. The van der Waals surface area contributed by atoms with Gasteiger partial charge in [0.15, 0.2) is 6.10 Å². The Hall–Kier alpha value is -2.16. The van der Waals surface area contributed by atoms with Gasteiger partial charge in [-0.3, -0.25) is 0 Å². The average Bonchev–Trinajstić information content (AvgIpc) is 2.74. The van der Waals surface area contributed by atoms with Gasteiger partial charge in [0.05, 0.1) is 19.3 Å². The van der Waals surface area contributed by atoms with Crippen LogP contribution < -0.4 is 5.73 Å². The van der Waals surface area contributed by atoms with Crippen LogP contribution in [0.4, 0.5) is 4.79 Å². The van der Waals surface area contributed by atoms with Crippen LogP contribution in [0.25, 0.3) is 0 Å². The zero-order valence-corrected chi connectivity index (χ0v) is 9.78. The molecule has 18 heavy (non-hydrogen) atoms. The van der Waals surface area contributed by atoms with Gasteiger partial charge >= 0.3 is 12.1 Å². The summed E-state index contributed by atoms with van der Waals surface area (Å²) in [7, 11) is 0. The van der Waals surface area contributed by atoms with Crippen LogP contribution >= 0.6 is 0 Å². The van der Waals surface area contributed by atoms with E-state index in [1.165, 1.54) is 10.9 Å². The highest BCUT2D eigenvalue weighted by atomic mass is 16.5. The maximum absolute atomic E-state index is 11.1. The number of primary amides is 1. The van der Waals surface area contributed by atoms with Gasteiger partial charge in [0.1, 0.15) is 12.3 Å². The fourth-order valence-corrected chi connectivity index (χ4v) is 1.13. The highest BCUT2D eigenvalue weighted by Crippen LogP contribution is 1.99. The molecule has 0 bridgehead atoms. The van der Waals surface area contributed by atoms with Crippen LogP contribution in [0.15, 0.2) is 6.20 Å². The van der Waals surface area contributed by atoms with E-state index in [-0.39, 0.29) is 19.8 Å². The summed E-state index contributed by atoms with van der Waals surface area (Å²) >= 11 is 0. The lowest BCUT2D eigenvalue weighted by atomic mass is 10.3. The maximum atomic E-state index is 11.1. The highest BCUT2D eigenvalue weighted by molar-refractivity contribution is 5.74. The first kappa shape index (κ1) is 13.9. The number of hydrogen-bond acceptors (Lipinski definition) is 7. The Balaban J connectivity index is 2.48. The second-order valence-corrected chi connectivity index (χ2v) is 3.31. The molecular weight excluding hydrogens is 244 g/mol. The number of rotatable bonds is 6. The molecule has 1 atom stereocenters. The van der Waals surface area contributed by atoms with Crippen molar-refractivity contribution >= 4 is 12.1 Å². The van der Waals surface area contributed by atoms with Crippen molar-refractivity contribution in [2.75, 3.05) is 6.61 Å². The minimum Gasteiger partial charge on any atom is -0.464 e. The van der Waals surface area contributed by atoms with E-state index in [1.54, 1.807) is 6.92 Å². The fraction of sp³-hybridized carbons (Fsp3) is 0.556. The van der Waals surface area contributed by atoms with E-state index in [1.807, 2.05) is 0 Å². The third-order valence-corrected chi connectivity index (χ3v) is 1.87. The summed E-state index contributed by atoms with van der Waals surface area (Å²) in [4.78, 5) is 21.5. The number of amides is 1. The highest BCUT2D eigenvalue weighted by Gasteiger charge is 2.17. The van der Waals surface area contributed by atoms with E-state index in [9.17, 15) is 14.7 Å². The van der Waals surface area contributed by atoms with Crippen molar-refractivity contribution in [1.82, 2.24) is 15.0 Å². The third kappa shape index (κ3) is 4.37. The lowest BCUT2D eigenvalue weighted by molar-refractivity contribution is -0.153. The van der Waals surface area contributed by atoms with Crippen molar-refractivity contribution in [3.05, 3.63) is 11.9 Å². The minimum atomic E-state index is -1.32. The molecule has 0 radical (unpaired) electrons. The lowest BCUT2D eigenvalue weighted by Crippen LogP contribution is -2.28. The van der Waals surface area contributed by atoms with Crippen LogP contribution in [-0.2, 0) is 27.4 Å². The van der Waals surface area contributed by atoms with Crippen LogP contribution in [0.5, 0.6) is 0 Å². The number of aromatic nitrogens is 3. The summed E-state index contributed by atoms with van der Waals surface area (Å²) in [5.74, 6) is -0.733. The fourth-order valence-electron chi connectivity index (χ4n) is 1.13. The molecule has 0 saturated heterocycles. The van der Waals surface area contributed by atoms with E-state index >= 15 is 0 Å². The zero-order valence-electron chi connectivity index (χ0n) is 9.78. The van der Waals surface area contributed by atoms with E-state index in [4.69, 9.17) is 5.73 Å². The molecule has 0 aliphatic carbocycles. The molecule has 0 aliphatic heterocycles. The van der Waals surface area contributed by atoms with Crippen molar-refractivity contribution in [2.45, 2.75) is 26.2 Å². The number of carbonyl (C=O) groups excluding carboxylic acids is 2. The number of nitrogens with two attached hydrogens (primary N) is 1. The van der Waals surface area contributed by atoms with Gasteiger partial charge in [0, 0.05) is 0 Å². The molecule has 1 aromatic rings. The SMILES string of the molecule is CCOC(=O)C(O)Cn1cc(COC(N)=O)nn1. The third-order valence-electron chi connectivity index (χ3n) is 1.87. The summed E-state index contributed by atoms with van der Waals surface area (Å²) in [6.45, 7) is 1.61. The van der Waals surface area contributed by atoms with Crippen LogP contribution in [0.1, 0.15) is 12.6 Å². The van der Waals surface area contributed by atoms with Crippen LogP contribution in [0, 0.1) is 0 Å². The lowest BCUT2D eigenvalue weighted by Gasteiger charge is -2.08. The molecule has 0 spiro atoms. The summed E-state index contributed by atoms with van der Waals surface area (Å²) in [5.41, 5.74) is 5.14. The number of aliphatic hydroxyl groups is 1. The largest absolute Gasteiger partial charge is 0.464 e. The van der Waals surface area contributed by atoms with E-state index in [0.29, 0.717) is 5.69 Å². The van der Waals surface area contributed by atoms with Crippen LogP contribution in [0.2, 0.25) is 0 Å². The Morgan fingerprint density at radius 1 is 1.56 bits per heavy atom. The standard InChI is InChI=1S/C9H14N4O5/c1-2-17-8(15)7(14)4-13-3-6(11-12-13)5-18-9(10)16/h3,7,14H,2,4-5H2,1H3,(H2,10,16). The number of hydrogen-bond donors (Lipinski definition) is 2. The molecular formula is C9H14N4O5. The second kappa shape index (κ2) is 6.55. The second-order valence-electron chi connectivity index (χ2n) is 3.31. The van der Waals surface area contributed by atoms with Gasteiger partial charge in [-0.25, -0.2) is 14.3 Å². The minimum absolute atomic E-state index is 0.0948. The quantitative estimate of drug-likeness (QED) is 0.613. The Labute approximate surface area is 102 Å². The first-order valence-corrected chi connectivity index (χ1v) is 5.19. The Morgan fingerprint density at radius 2 is 2.28 bits per heavy atom. The number of aliphatic hydroxyl groups excluding tert-OH is 1. The predicted octanol–water partition coefficient (Wildman–Crippen LogP) is -1.20. The van der Waals surface area contributed by atoms with Gasteiger partial charge in [-0.1, -0.05) is 5.21 Å². The summed E-state index contributed by atoms with van der Waals surface area (Å²) in [5, 5.41) is 16.8. The number of carbonyl (C=O) groups is 2. The molecule has 0 fully saturated rings. The molecule has 0 aliphatic rings. The van der Waals surface area contributed by atoms with Gasteiger partial charge in [-0.05, 0) is 6.92 Å². The molecule has 1 aromatic heterocycles. The zero-order chi connectivity index (χ0) is 13.5. The molecule has 1 heterocycles.